The van der Waals surface area contributed by atoms with Gasteiger partial charge in [0.25, 0.3) is 0 Å². The van der Waals surface area contributed by atoms with Gasteiger partial charge in [0.05, 0.1) is 0 Å². The SMILES string of the molecule is Cc1ccc(C2CC(CO)C2)cc1. The molecule has 0 aliphatic heterocycles. The van der Waals surface area contributed by atoms with Gasteiger partial charge in [0.2, 0.25) is 0 Å². The van der Waals surface area contributed by atoms with Crippen molar-refractivity contribution in [1.82, 2.24) is 0 Å². The molecule has 0 saturated heterocycles. The molecule has 2 rings (SSSR count). The van der Waals surface area contributed by atoms with Gasteiger partial charge in [-0.05, 0) is 37.2 Å². The molecule has 0 radical (unpaired) electrons. The lowest BCUT2D eigenvalue weighted by Crippen LogP contribution is -2.24. The summed E-state index contributed by atoms with van der Waals surface area (Å²) in [6.45, 7) is 2.48. The molecule has 1 aromatic carbocycles. The highest BCUT2D eigenvalue weighted by Crippen LogP contribution is 2.41. The van der Waals surface area contributed by atoms with Gasteiger partial charge in [0, 0.05) is 6.61 Å². The lowest BCUT2D eigenvalue weighted by atomic mass is 9.72. The Hall–Kier alpha value is -0.820. The van der Waals surface area contributed by atoms with E-state index < -0.39 is 0 Å². The zero-order valence-corrected chi connectivity index (χ0v) is 8.03. The van der Waals surface area contributed by atoms with E-state index in [-0.39, 0.29) is 0 Å². The highest BCUT2D eigenvalue weighted by atomic mass is 16.3. The molecule has 0 heterocycles. The van der Waals surface area contributed by atoms with E-state index in [1.807, 2.05) is 0 Å². The molecule has 70 valence electrons. The Morgan fingerprint density at radius 3 is 2.38 bits per heavy atom. The van der Waals surface area contributed by atoms with Gasteiger partial charge in [-0.2, -0.15) is 0 Å². The minimum Gasteiger partial charge on any atom is -0.396 e. The van der Waals surface area contributed by atoms with E-state index in [0.29, 0.717) is 18.4 Å². The van der Waals surface area contributed by atoms with Gasteiger partial charge in [-0.3, -0.25) is 0 Å². The molecule has 1 N–H and O–H groups in total. The van der Waals surface area contributed by atoms with E-state index in [1.165, 1.54) is 24.0 Å². The molecule has 1 heteroatoms. The third kappa shape index (κ3) is 1.75. The zero-order chi connectivity index (χ0) is 9.26. The van der Waals surface area contributed by atoms with Crippen LogP contribution in [-0.4, -0.2) is 11.7 Å². The second-order valence-corrected chi connectivity index (χ2v) is 4.13. The van der Waals surface area contributed by atoms with Crippen LogP contribution in [0.2, 0.25) is 0 Å². The quantitative estimate of drug-likeness (QED) is 0.734. The van der Waals surface area contributed by atoms with Crippen molar-refractivity contribution >= 4 is 0 Å². The van der Waals surface area contributed by atoms with E-state index in [9.17, 15) is 0 Å². The lowest BCUT2D eigenvalue weighted by molar-refractivity contribution is 0.142. The van der Waals surface area contributed by atoms with Crippen LogP contribution in [-0.2, 0) is 0 Å². The first-order chi connectivity index (χ1) is 6.29. The van der Waals surface area contributed by atoms with Crippen molar-refractivity contribution in [2.45, 2.75) is 25.7 Å². The van der Waals surface area contributed by atoms with Crippen LogP contribution in [0.1, 0.15) is 29.9 Å². The Labute approximate surface area is 79.4 Å². The number of benzene rings is 1. The van der Waals surface area contributed by atoms with Crippen molar-refractivity contribution in [3.63, 3.8) is 0 Å². The van der Waals surface area contributed by atoms with E-state index >= 15 is 0 Å². The predicted octanol–water partition coefficient (Wildman–Crippen LogP) is 2.48. The normalized spacial score (nSPS) is 26.9. The molecule has 0 amide bonds. The van der Waals surface area contributed by atoms with E-state index in [4.69, 9.17) is 5.11 Å². The molecule has 0 spiro atoms. The summed E-state index contributed by atoms with van der Waals surface area (Å²) < 4.78 is 0. The molecule has 1 aliphatic carbocycles. The van der Waals surface area contributed by atoms with Crippen molar-refractivity contribution in [3.05, 3.63) is 35.4 Å². The van der Waals surface area contributed by atoms with Gasteiger partial charge in [-0.25, -0.2) is 0 Å². The molecule has 0 aromatic heterocycles. The number of rotatable bonds is 2. The second kappa shape index (κ2) is 3.51. The average Bonchev–Trinajstić information content (AvgIpc) is 2.06. The van der Waals surface area contributed by atoms with Gasteiger partial charge in [0.15, 0.2) is 0 Å². The molecule has 0 atom stereocenters. The van der Waals surface area contributed by atoms with Crippen LogP contribution < -0.4 is 0 Å². The summed E-state index contributed by atoms with van der Waals surface area (Å²) in [7, 11) is 0. The van der Waals surface area contributed by atoms with Crippen LogP contribution in [0.3, 0.4) is 0 Å². The first-order valence-electron chi connectivity index (χ1n) is 4.97. The third-order valence-corrected chi connectivity index (χ3v) is 3.04. The number of hydrogen-bond donors (Lipinski definition) is 1. The van der Waals surface area contributed by atoms with E-state index in [1.54, 1.807) is 0 Å². The summed E-state index contributed by atoms with van der Waals surface area (Å²) in [5.41, 5.74) is 2.76. The smallest absolute Gasteiger partial charge is 0.0459 e. The summed E-state index contributed by atoms with van der Waals surface area (Å²) >= 11 is 0. The maximum absolute atomic E-state index is 8.89. The Bertz CT molecular complexity index is 270. The number of aliphatic hydroxyl groups is 1. The fraction of sp³-hybridized carbons (Fsp3) is 0.500. The van der Waals surface area contributed by atoms with Gasteiger partial charge in [-0.1, -0.05) is 29.8 Å². The molecule has 1 nitrogen and oxygen atoms in total. The monoisotopic (exact) mass is 176 g/mol. The molecule has 1 aromatic rings. The van der Waals surface area contributed by atoms with Crippen LogP contribution >= 0.6 is 0 Å². The average molecular weight is 176 g/mol. The van der Waals surface area contributed by atoms with Gasteiger partial charge >= 0.3 is 0 Å². The maximum atomic E-state index is 8.89. The molecule has 1 fully saturated rings. The number of hydrogen-bond acceptors (Lipinski definition) is 1. The number of aliphatic hydroxyl groups excluding tert-OH is 1. The fourth-order valence-electron chi connectivity index (χ4n) is 2.00. The molecule has 0 unspecified atom stereocenters. The summed E-state index contributed by atoms with van der Waals surface area (Å²) in [4.78, 5) is 0. The lowest BCUT2D eigenvalue weighted by Gasteiger charge is -2.34. The zero-order valence-electron chi connectivity index (χ0n) is 8.03. The highest BCUT2D eigenvalue weighted by molar-refractivity contribution is 5.26. The topological polar surface area (TPSA) is 20.2 Å². The Morgan fingerprint density at radius 1 is 1.23 bits per heavy atom. The second-order valence-electron chi connectivity index (χ2n) is 4.13. The summed E-state index contributed by atoms with van der Waals surface area (Å²) in [6, 6.07) is 8.77. The van der Waals surface area contributed by atoms with Crippen LogP contribution in [0.4, 0.5) is 0 Å². The Morgan fingerprint density at radius 2 is 1.85 bits per heavy atom. The van der Waals surface area contributed by atoms with Crippen molar-refractivity contribution < 1.29 is 5.11 Å². The van der Waals surface area contributed by atoms with Crippen molar-refractivity contribution in [2.24, 2.45) is 5.92 Å². The summed E-state index contributed by atoms with van der Waals surface area (Å²) in [5, 5.41) is 8.89. The van der Waals surface area contributed by atoms with Crippen molar-refractivity contribution in [3.8, 4) is 0 Å². The summed E-state index contributed by atoms with van der Waals surface area (Å²) in [6.07, 6.45) is 2.33. The molecule has 0 bridgehead atoms. The Kier molecular flexibility index (Phi) is 2.36. The van der Waals surface area contributed by atoms with Gasteiger partial charge in [0.1, 0.15) is 0 Å². The molecule has 1 saturated carbocycles. The van der Waals surface area contributed by atoms with Crippen LogP contribution in [0.15, 0.2) is 24.3 Å². The number of aryl methyl sites for hydroxylation is 1. The van der Waals surface area contributed by atoms with Crippen molar-refractivity contribution in [1.29, 1.82) is 0 Å². The van der Waals surface area contributed by atoms with Crippen molar-refractivity contribution in [2.75, 3.05) is 6.61 Å². The standard InChI is InChI=1S/C12H16O/c1-9-2-4-11(5-3-9)12-6-10(7-12)8-13/h2-5,10,12-13H,6-8H2,1H3. The molecular formula is C12H16O. The van der Waals surface area contributed by atoms with Crippen LogP contribution in [0, 0.1) is 12.8 Å². The predicted molar refractivity (Wildman–Crippen MR) is 53.7 cm³/mol. The van der Waals surface area contributed by atoms with E-state index in [0.717, 1.165) is 0 Å². The highest BCUT2D eigenvalue weighted by Gasteiger charge is 2.29. The van der Waals surface area contributed by atoms with Crippen LogP contribution in [0.25, 0.3) is 0 Å². The van der Waals surface area contributed by atoms with Gasteiger partial charge < -0.3 is 5.11 Å². The summed E-state index contributed by atoms with van der Waals surface area (Å²) in [5.74, 6) is 1.27. The van der Waals surface area contributed by atoms with Gasteiger partial charge in [-0.15, -0.1) is 0 Å². The van der Waals surface area contributed by atoms with E-state index in [2.05, 4.69) is 31.2 Å². The maximum Gasteiger partial charge on any atom is 0.0459 e. The largest absolute Gasteiger partial charge is 0.396 e. The molecular weight excluding hydrogens is 160 g/mol. The van der Waals surface area contributed by atoms with Crippen LogP contribution in [0.5, 0.6) is 0 Å². The Balaban J connectivity index is 1.99. The third-order valence-electron chi connectivity index (χ3n) is 3.04. The fourth-order valence-corrected chi connectivity index (χ4v) is 2.00. The molecule has 1 aliphatic rings. The first kappa shape index (κ1) is 8.76. The minimum absolute atomic E-state index is 0.363. The first-order valence-corrected chi connectivity index (χ1v) is 4.97. The molecule has 13 heavy (non-hydrogen) atoms. The minimum atomic E-state index is 0.363.